The average molecular weight is 336 g/mol. The maximum Gasteiger partial charge on any atom is 0.131 e. The van der Waals surface area contributed by atoms with E-state index in [1.165, 1.54) is 33.3 Å². The Morgan fingerprint density at radius 3 is 2.44 bits per heavy atom. The summed E-state index contributed by atoms with van der Waals surface area (Å²) >= 11 is 0. The molecule has 3 nitrogen and oxygen atoms in total. The molecule has 0 saturated heterocycles. The van der Waals surface area contributed by atoms with Crippen molar-refractivity contribution in [2.24, 2.45) is 5.73 Å². The molecule has 0 unspecified atom stereocenters. The second-order valence-corrected chi connectivity index (χ2v) is 6.83. The highest BCUT2D eigenvalue weighted by atomic mass is 16.5. The van der Waals surface area contributed by atoms with E-state index in [0.29, 0.717) is 0 Å². The number of fused-ring (bicyclic) bond motifs is 1. The largest absolute Gasteiger partial charge is 0.496 e. The van der Waals surface area contributed by atoms with Gasteiger partial charge in [0.15, 0.2) is 0 Å². The van der Waals surface area contributed by atoms with Crippen molar-refractivity contribution in [3.63, 3.8) is 0 Å². The number of aryl methyl sites for hydroxylation is 4. The Labute approximate surface area is 150 Å². The van der Waals surface area contributed by atoms with E-state index in [1.807, 2.05) is 0 Å². The van der Waals surface area contributed by atoms with Crippen molar-refractivity contribution in [2.45, 2.75) is 40.0 Å². The van der Waals surface area contributed by atoms with E-state index in [0.717, 1.165) is 42.7 Å². The molecule has 132 valence electrons. The number of nitrogens with one attached hydrogen (secondary N) is 1. The van der Waals surface area contributed by atoms with Gasteiger partial charge >= 0.3 is 0 Å². The van der Waals surface area contributed by atoms with E-state index in [-0.39, 0.29) is 0 Å². The van der Waals surface area contributed by atoms with Crippen LogP contribution in [-0.2, 0) is 6.42 Å². The van der Waals surface area contributed by atoms with Crippen LogP contribution in [0.25, 0.3) is 22.2 Å². The van der Waals surface area contributed by atoms with Crippen molar-refractivity contribution in [1.29, 1.82) is 0 Å². The zero-order valence-corrected chi connectivity index (χ0v) is 15.7. The highest BCUT2D eigenvalue weighted by Crippen LogP contribution is 2.39. The van der Waals surface area contributed by atoms with Gasteiger partial charge in [0.1, 0.15) is 5.75 Å². The number of hydrogen-bond donors (Lipinski definition) is 2. The molecule has 3 rings (SSSR count). The lowest BCUT2D eigenvalue weighted by atomic mass is 9.96. The second-order valence-electron chi connectivity index (χ2n) is 6.83. The van der Waals surface area contributed by atoms with Gasteiger partial charge in [0.2, 0.25) is 0 Å². The van der Waals surface area contributed by atoms with Crippen LogP contribution in [0.4, 0.5) is 0 Å². The molecule has 1 heterocycles. The van der Waals surface area contributed by atoms with Crippen LogP contribution in [0.1, 0.15) is 35.1 Å². The van der Waals surface area contributed by atoms with E-state index >= 15 is 0 Å². The van der Waals surface area contributed by atoms with E-state index in [9.17, 15) is 0 Å². The number of ether oxygens (including phenoxy) is 1. The Bertz CT molecular complexity index is 893. The van der Waals surface area contributed by atoms with Crippen LogP contribution in [-0.4, -0.2) is 18.6 Å². The highest BCUT2D eigenvalue weighted by Gasteiger charge is 2.19. The van der Waals surface area contributed by atoms with E-state index in [2.05, 4.69) is 56.1 Å². The van der Waals surface area contributed by atoms with Crippen molar-refractivity contribution >= 4 is 10.9 Å². The van der Waals surface area contributed by atoms with Crippen LogP contribution < -0.4 is 10.5 Å². The molecular weight excluding hydrogens is 308 g/mol. The Morgan fingerprint density at radius 2 is 1.72 bits per heavy atom. The number of unbranched alkanes of at least 4 members (excludes halogenated alkanes) is 1. The van der Waals surface area contributed by atoms with E-state index in [1.54, 1.807) is 7.11 Å². The summed E-state index contributed by atoms with van der Waals surface area (Å²) in [5, 5.41) is 1.36. The Hall–Kier alpha value is -2.26. The molecule has 0 aliphatic rings. The fraction of sp³-hybridized carbons (Fsp3) is 0.364. The molecule has 0 amide bonds. The lowest BCUT2D eigenvalue weighted by Crippen LogP contribution is -2.00. The molecule has 0 radical (unpaired) electrons. The third-order valence-electron chi connectivity index (χ3n) is 5.04. The van der Waals surface area contributed by atoms with Crippen LogP contribution >= 0.6 is 0 Å². The number of rotatable bonds is 6. The van der Waals surface area contributed by atoms with Gasteiger partial charge in [0.05, 0.1) is 12.8 Å². The Kier molecular flexibility index (Phi) is 5.14. The van der Waals surface area contributed by atoms with Crippen molar-refractivity contribution < 1.29 is 4.74 Å². The molecular formula is C22H28N2O. The molecule has 3 N–H and O–H groups in total. The standard InChI is InChI=1S/C22H28N2O/c1-14-11-12-15(2)20-19(14)17(9-5-6-13-23)21(24-20)18-10-7-8-16(3)22(18)25-4/h7-8,10-12,24H,5-6,9,13,23H2,1-4H3. The van der Waals surface area contributed by atoms with E-state index in [4.69, 9.17) is 10.5 Å². The van der Waals surface area contributed by atoms with Crippen molar-refractivity contribution in [1.82, 2.24) is 4.98 Å². The summed E-state index contributed by atoms with van der Waals surface area (Å²) in [4.78, 5) is 3.71. The summed E-state index contributed by atoms with van der Waals surface area (Å²) in [5.74, 6) is 0.949. The lowest BCUT2D eigenvalue weighted by molar-refractivity contribution is 0.413. The number of nitrogens with two attached hydrogens (primary N) is 1. The van der Waals surface area contributed by atoms with Gasteiger partial charge in [-0.3, -0.25) is 0 Å². The van der Waals surface area contributed by atoms with Crippen molar-refractivity contribution in [2.75, 3.05) is 13.7 Å². The van der Waals surface area contributed by atoms with Crippen LogP contribution in [0.3, 0.4) is 0 Å². The quantitative estimate of drug-likeness (QED) is 0.619. The van der Waals surface area contributed by atoms with Gasteiger partial charge in [-0.25, -0.2) is 0 Å². The van der Waals surface area contributed by atoms with Crippen LogP contribution in [0.2, 0.25) is 0 Å². The molecule has 0 fully saturated rings. The molecule has 0 saturated carbocycles. The number of benzene rings is 2. The normalized spacial score (nSPS) is 11.2. The predicted octanol–water partition coefficient (Wildman–Crippen LogP) is 5.05. The van der Waals surface area contributed by atoms with Crippen molar-refractivity contribution in [3.8, 4) is 17.0 Å². The summed E-state index contributed by atoms with van der Waals surface area (Å²) in [5.41, 5.74) is 14.4. The summed E-state index contributed by atoms with van der Waals surface area (Å²) in [6, 6.07) is 10.7. The Morgan fingerprint density at radius 1 is 0.960 bits per heavy atom. The molecule has 25 heavy (non-hydrogen) atoms. The predicted molar refractivity (Wildman–Crippen MR) is 106 cm³/mol. The minimum atomic E-state index is 0.740. The Balaban J connectivity index is 2.27. The van der Waals surface area contributed by atoms with Crippen molar-refractivity contribution in [3.05, 3.63) is 52.6 Å². The van der Waals surface area contributed by atoms with Gasteiger partial charge in [-0.2, -0.15) is 0 Å². The number of para-hydroxylation sites is 1. The average Bonchev–Trinajstić information content (AvgIpc) is 2.99. The summed E-state index contributed by atoms with van der Waals surface area (Å²) in [6.07, 6.45) is 3.16. The number of methoxy groups -OCH3 is 1. The highest BCUT2D eigenvalue weighted by molar-refractivity contribution is 5.96. The van der Waals surface area contributed by atoms with E-state index < -0.39 is 0 Å². The number of H-pyrrole nitrogens is 1. The van der Waals surface area contributed by atoms with Gasteiger partial charge in [0.25, 0.3) is 0 Å². The zero-order valence-electron chi connectivity index (χ0n) is 15.7. The monoisotopic (exact) mass is 336 g/mol. The molecule has 2 aromatic carbocycles. The topological polar surface area (TPSA) is 51.0 Å². The first kappa shape index (κ1) is 17.6. The minimum Gasteiger partial charge on any atom is -0.496 e. The van der Waals surface area contributed by atoms with Gasteiger partial charge in [-0.1, -0.05) is 24.3 Å². The first-order valence-electron chi connectivity index (χ1n) is 9.03. The van der Waals surface area contributed by atoms with Crippen LogP contribution in [0, 0.1) is 20.8 Å². The molecule has 3 heteroatoms. The fourth-order valence-corrected chi connectivity index (χ4v) is 3.73. The molecule has 3 aromatic rings. The summed E-state index contributed by atoms with van der Waals surface area (Å²) < 4.78 is 5.73. The number of hydrogen-bond acceptors (Lipinski definition) is 2. The molecule has 0 spiro atoms. The van der Waals surface area contributed by atoms with Gasteiger partial charge in [-0.05, 0) is 74.9 Å². The second kappa shape index (κ2) is 7.32. The van der Waals surface area contributed by atoms with Gasteiger partial charge in [-0.15, -0.1) is 0 Å². The fourth-order valence-electron chi connectivity index (χ4n) is 3.73. The third-order valence-corrected chi connectivity index (χ3v) is 5.04. The maximum atomic E-state index is 5.73. The van der Waals surface area contributed by atoms with Gasteiger partial charge < -0.3 is 15.5 Å². The maximum absolute atomic E-state index is 5.73. The summed E-state index contributed by atoms with van der Waals surface area (Å²) in [6.45, 7) is 7.19. The first-order valence-corrected chi connectivity index (χ1v) is 9.03. The third kappa shape index (κ3) is 3.16. The number of aromatic nitrogens is 1. The summed E-state index contributed by atoms with van der Waals surface area (Å²) in [7, 11) is 1.75. The smallest absolute Gasteiger partial charge is 0.131 e. The lowest BCUT2D eigenvalue weighted by Gasteiger charge is -2.12. The molecule has 0 aliphatic heterocycles. The molecule has 0 aliphatic carbocycles. The molecule has 1 aromatic heterocycles. The van der Waals surface area contributed by atoms with Gasteiger partial charge in [0, 0.05) is 16.5 Å². The van der Waals surface area contributed by atoms with Crippen LogP contribution in [0.5, 0.6) is 5.75 Å². The first-order chi connectivity index (χ1) is 12.1. The molecule has 0 atom stereocenters. The minimum absolute atomic E-state index is 0.740. The molecule has 0 bridgehead atoms. The SMILES string of the molecule is COc1c(C)cccc1-c1[nH]c2c(C)ccc(C)c2c1CCCCN. The number of aromatic amines is 1. The van der Waals surface area contributed by atoms with Crippen LogP contribution in [0.15, 0.2) is 30.3 Å². The zero-order chi connectivity index (χ0) is 18.0.